The van der Waals surface area contributed by atoms with Crippen LogP contribution in [0.2, 0.25) is 0 Å². The topological polar surface area (TPSA) is 42.3 Å². The fourth-order valence-corrected chi connectivity index (χ4v) is 3.18. The van der Waals surface area contributed by atoms with E-state index in [2.05, 4.69) is 59.0 Å². The fraction of sp³-hybridized carbons (Fsp3) is 0.381. The van der Waals surface area contributed by atoms with Gasteiger partial charge in [-0.15, -0.1) is 12.4 Å². The Morgan fingerprint density at radius 2 is 1.85 bits per heavy atom. The Hall–Kier alpha value is -2.24. The summed E-state index contributed by atoms with van der Waals surface area (Å²) in [5, 5.41) is 3.51. The molecule has 0 aliphatic rings. The van der Waals surface area contributed by atoms with Crippen molar-refractivity contribution in [2.75, 3.05) is 32.1 Å². The molecule has 1 N–H and O–H groups in total. The molecular formula is C21H29ClN4O. The van der Waals surface area contributed by atoms with Gasteiger partial charge in [-0.3, -0.25) is 0 Å². The van der Waals surface area contributed by atoms with Crippen molar-refractivity contribution in [2.45, 2.75) is 26.9 Å². The second-order valence-electron chi connectivity index (χ2n) is 6.31. The molecule has 0 unspecified atom stereocenters. The van der Waals surface area contributed by atoms with Crippen LogP contribution in [0, 0.1) is 0 Å². The first-order valence-electron chi connectivity index (χ1n) is 9.29. The molecule has 0 radical (unpaired) electrons. The highest BCUT2D eigenvalue weighted by Gasteiger charge is 2.11. The molecule has 2 aromatic carbocycles. The molecule has 5 nitrogen and oxygen atoms in total. The number of anilines is 1. The highest BCUT2D eigenvalue weighted by molar-refractivity contribution is 5.85. The molecule has 0 atom stereocenters. The molecule has 0 aliphatic heterocycles. The third kappa shape index (κ3) is 5.15. The van der Waals surface area contributed by atoms with E-state index in [0.717, 1.165) is 43.4 Å². The largest absolute Gasteiger partial charge is 0.497 e. The summed E-state index contributed by atoms with van der Waals surface area (Å²) in [6.45, 7) is 9.19. The van der Waals surface area contributed by atoms with Gasteiger partial charge in [0.2, 0.25) is 5.95 Å². The van der Waals surface area contributed by atoms with Crippen LogP contribution in [-0.2, 0) is 13.1 Å². The Morgan fingerprint density at radius 3 is 2.59 bits per heavy atom. The highest BCUT2D eigenvalue weighted by Crippen LogP contribution is 2.21. The lowest BCUT2D eigenvalue weighted by Gasteiger charge is -2.19. The van der Waals surface area contributed by atoms with Crippen LogP contribution in [0.5, 0.6) is 5.75 Å². The first-order valence-corrected chi connectivity index (χ1v) is 9.29. The quantitative estimate of drug-likeness (QED) is 0.589. The summed E-state index contributed by atoms with van der Waals surface area (Å²) in [4.78, 5) is 7.23. The number of fused-ring (bicyclic) bond motifs is 1. The standard InChI is InChI=1S/C21H28N4O.ClH/c1-4-24(5-2)13-14-25-20-12-7-6-11-19(20)23-21(25)22-16-17-9-8-10-18(15-17)26-3;/h6-12,15H,4-5,13-14,16H2,1-3H3,(H,22,23);1H. The monoisotopic (exact) mass is 388 g/mol. The van der Waals surface area contributed by atoms with Crippen molar-refractivity contribution < 1.29 is 4.74 Å². The van der Waals surface area contributed by atoms with Gasteiger partial charge in [0.15, 0.2) is 0 Å². The van der Waals surface area contributed by atoms with E-state index in [1.54, 1.807) is 7.11 Å². The lowest BCUT2D eigenvalue weighted by molar-refractivity contribution is 0.292. The van der Waals surface area contributed by atoms with Gasteiger partial charge in [0.1, 0.15) is 5.75 Å². The van der Waals surface area contributed by atoms with E-state index >= 15 is 0 Å². The second-order valence-corrected chi connectivity index (χ2v) is 6.31. The molecule has 0 bridgehead atoms. The van der Waals surface area contributed by atoms with Crippen molar-refractivity contribution in [2.24, 2.45) is 0 Å². The smallest absolute Gasteiger partial charge is 0.204 e. The number of nitrogens with zero attached hydrogens (tertiary/aromatic N) is 3. The minimum Gasteiger partial charge on any atom is -0.497 e. The van der Waals surface area contributed by atoms with Gasteiger partial charge in [-0.1, -0.05) is 38.1 Å². The number of likely N-dealkylation sites (N-methyl/N-ethyl adjacent to an activating group) is 1. The molecule has 146 valence electrons. The van der Waals surface area contributed by atoms with E-state index < -0.39 is 0 Å². The zero-order valence-corrected chi connectivity index (χ0v) is 17.1. The number of hydrogen-bond donors (Lipinski definition) is 1. The van der Waals surface area contributed by atoms with Gasteiger partial charge in [-0.25, -0.2) is 4.98 Å². The van der Waals surface area contributed by atoms with Crippen LogP contribution in [-0.4, -0.2) is 41.2 Å². The Labute approximate surface area is 167 Å². The van der Waals surface area contributed by atoms with Crippen LogP contribution in [0.4, 0.5) is 5.95 Å². The van der Waals surface area contributed by atoms with Gasteiger partial charge in [-0.05, 0) is 42.9 Å². The summed E-state index contributed by atoms with van der Waals surface area (Å²) in [6.07, 6.45) is 0. The maximum Gasteiger partial charge on any atom is 0.204 e. The number of aromatic nitrogens is 2. The SMILES string of the molecule is CCN(CC)CCn1c(NCc2cccc(OC)c2)nc2ccccc21.Cl. The molecule has 27 heavy (non-hydrogen) atoms. The Balaban J connectivity index is 0.00000261. The number of para-hydroxylation sites is 2. The molecule has 1 heterocycles. The third-order valence-electron chi connectivity index (χ3n) is 4.77. The van der Waals surface area contributed by atoms with E-state index in [0.29, 0.717) is 6.54 Å². The fourth-order valence-electron chi connectivity index (χ4n) is 3.18. The van der Waals surface area contributed by atoms with Gasteiger partial charge < -0.3 is 19.5 Å². The van der Waals surface area contributed by atoms with Crippen LogP contribution in [0.1, 0.15) is 19.4 Å². The highest BCUT2D eigenvalue weighted by atomic mass is 35.5. The van der Waals surface area contributed by atoms with Crippen molar-refractivity contribution in [3.63, 3.8) is 0 Å². The van der Waals surface area contributed by atoms with E-state index in [1.807, 2.05) is 18.2 Å². The van der Waals surface area contributed by atoms with E-state index in [1.165, 1.54) is 11.1 Å². The lowest BCUT2D eigenvalue weighted by atomic mass is 10.2. The second kappa shape index (κ2) is 10.2. The summed E-state index contributed by atoms with van der Waals surface area (Å²) in [5.41, 5.74) is 3.37. The minimum atomic E-state index is 0. The van der Waals surface area contributed by atoms with Gasteiger partial charge >= 0.3 is 0 Å². The average molecular weight is 389 g/mol. The Morgan fingerprint density at radius 1 is 1.07 bits per heavy atom. The summed E-state index contributed by atoms with van der Waals surface area (Å²) in [5.74, 6) is 1.79. The van der Waals surface area contributed by atoms with Gasteiger partial charge in [0, 0.05) is 19.6 Å². The molecule has 0 amide bonds. The number of ether oxygens (including phenoxy) is 1. The minimum absolute atomic E-state index is 0. The number of rotatable bonds is 9. The summed E-state index contributed by atoms with van der Waals surface area (Å²) >= 11 is 0. The van der Waals surface area contributed by atoms with E-state index in [9.17, 15) is 0 Å². The van der Waals surface area contributed by atoms with Crippen LogP contribution in [0.25, 0.3) is 11.0 Å². The van der Waals surface area contributed by atoms with E-state index in [4.69, 9.17) is 9.72 Å². The maximum atomic E-state index is 5.31. The first-order chi connectivity index (χ1) is 12.7. The van der Waals surface area contributed by atoms with Crippen molar-refractivity contribution >= 4 is 29.4 Å². The Bertz CT molecular complexity index is 845. The predicted molar refractivity (Wildman–Crippen MR) is 115 cm³/mol. The predicted octanol–water partition coefficient (Wildman–Crippen LogP) is 4.42. The number of nitrogens with one attached hydrogen (secondary N) is 1. The van der Waals surface area contributed by atoms with Gasteiger partial charge in [0.25, 0.3) is 0 Å². The van der Waals surface area contributed by atoms with Crippen molar-refractivity contribution in [1.82, 2.24) is 14.5 Å². The van der Waals surface area contributed by atoms with E-state index in [-0.39, 0.29) is 12.4 Å². The number of methoxy groups -OCH3 is 1. The molecule has 0 saturated carbocycles. The number of imidazole rings is 1. The average Bonchev–Trinajstić information content (AvgIpc) is 3.05. The number of benzene rings is 2. The van der Waals surface area contributed by atoms with Crippen LogP contribution < -0.4 is 10.1 Å². The van der Waals surface area contributed by atoms with Gasteiger partial charge in [0.05, 0.1) is 18.1 Å². The Kier molecular flexibility index (Phi) is 7.95. The lowest BCUT2D eigenvalue weighted by Crippen LogP contribution is -2.27. The molecular weight excluding hydrogens is 360 g/mol. The molecule has 0 aliphatic carbocycles. The van der Waals surface area contributed by atoms with Crippen LogP contribution in [0.15, 0.2) is 48.5 Å². The molecule has 0 spiro atoms. The van der Waals surface area contributed by atoms with Crippen molar-refractivity contribution in [3.05, 3.63) is 54.1 Å². The van der Waals surface area contributed by atoms with Crippen molar-refractivity contribution in [1.29, 1.82) is 0 Å². The van der Waals surface area contributed by atoms with Crippen LogP contribution in [0.3, 0.4) is 0 Å². The molecule has 6 heteroatoms. The first kappa shape index (κ1) is 21.1. The number of halogens is 1. The van der Waals surface area contributed by atoms with Gasteiger partial charge in [-0.2, -0.15) is 0 Å². The summed E-state index contributed by atoms with van der Waals surface area (Å²) in [6, 6.07) is 16.4. The van der Waals surface area contributed by atoms with Crippen molar-refractivity contribution in [3.8, 4) is 5.75 Å². The normalized spacial score (nSPS) is 10.8. The molecule has 3 rings (SSSR count). The maximum absolute atomic E-state index is 5.31. The molecule has 3 aromatic rings. The molecule has 0 fully saturated rings. The molecule has 0 saturated heterocycles. The zero-order chi connectivity index (χ0) is 18.4. The summed E-state index contributed by atoms with van der Waals surface area (Å²) in [7, 11) is 1.69. The zero-order valence-electron chi connectivity index (χ0n) is 16.3. The summed E-state index contributed by atoms with van der Waals surface area (Å²) < 4.78 is 7.60. The molecule has 1 aromatic heterocycles. The number of hydrogen-bond acceptors (Lipinski definition) is 4. The van der Waals surface area contributed by atoms with Crippen LogP contribution >= 0.6 is 12.4 Å². The third-order valence-corrected chi connectivity index (χ3v) is 4.77.